The average Bonchev–Trinajstić information content (AvgIpc) is 3.17. The van der Waals surface area contributed by atoms with Gasteiger partial charge in [-0.15, -0.1) is 22.7 Å². The van der Waals surface area contributed by atoms with E-state index in [0.29, 0.717) is 22.9 Å². The van der Waals surface area contributed by atoms with Crippen LogP contribution < -0.4 is 10.1 Å². The van der Waals surface area contributed by atoms with E-state index in [4.69, 9.17) is 4.74 Å². The second-order valence-electron chi connectivity index (χ2n) is 4.49. The highest BCUT2D eigenvalue weighted by Gasteiger charge is 2.14. The Hall–Kier alpha value is -2.25. The number of aromatic nitrogens is 2. The maximum absolute atomic E-state index is 12.3. The average molecular weight is 331 g/mol. The number of amides is 1. The third kappa shape index (κ3) is 3.32. The molecule has 0 bridgehead atoms. The van der Waals surface area contributed by atoms with Crippen LogP contribution in [0.1, 0.15) is 21.1 Å². The van der Waals surface area contributed by atoms with E-state index in [9.17, 15) is 4.79 Å². The lowest BCUT2D eigenvalue weighted by molar-refractivity contribution is 0.102. The molecule has 3 rings (SSSR count). The minimum atomic E-state index is -0.176. The fourth-order valence-corrected chi connectivity index (χ4v) is 3.10. The molecule has 112 valence electrons. The molecule has 0 aliphatic carbocycles. The molecule has 2 heterocycles. The Kier molecular flexibility index (Phi) is 4.45. The highest BCUT2D eigenvalue weighted by Crippen LogP contribution is 2.26. The van der Waals surface area contributed by atoms with Crippen LogP contribution in [-0.4, -0.2) is 15.9 Å². The minimum Gasteiger partial charge on any atom is -0.485 e. The summed E-state index contributed by atoms with van der Waals surface area (Å²) in [4.78, 5) is 21.1. The number of aryl methyl sites for hydroxylation is 1. The smallest absolute Gasteiger partial charge is 0.267 e. The van der Waals surface area contributed by atoms with Gasteiger partial charge in [-0.2, -0.15) is 0 Å². The molecule has 7 heteroatoms. The molecular weight excluding hydrogens is 318 g/mol. The molecule has 0 spiro atoms. The number of thiazole rings is 2. The van der Waals surface area contributed by atoms with Crippen LogP contribution in [0.3, 0.4) is 0 Å². The number of para-hydroxylation sites is 2. The first kappa shape index (κ1) is 14.7. The Labute approximate surface area is 135 Å². The van der Waals surface area contributed by atoms with Gasteiger partial charge in [-0.25, -0.2) is 9.97 Å². The number of nitrogens with zero attached hydrogens (tertiary/aromatic N) is 2. The summed E-state index contributed by atoms with van der Waals surface area (Å²) in [6.07, 6.45) is 0. The Morgan fingerprint density at radius 3 is 2.86 bits per heavy atom. The largest absolute Gasteiger partial charge is 0.485 e. The van der Waals surface area contributed by atoms with Gasteiger partial charge in [0.05, 0.1) is 28.1 Å². The van der Waals surface area contributed by atoms with Crippen LogP contribution in [0.25, 0.3) is 0 Å². The third-order valence-electron chi connectivity index (χ3n) is 2.95. The summed E-state index contributed by atoms with van der Waals surface area (Å²) >= 11 is 2.84. The Morgan fingerprint density at radius 2 is 2.14 bits per heavy atom. The summed E-state index contributed by atoms with van der Waals surface area (Å²) in [5.74, 6) is 0.440. The van der Waals surface area contributed by atoms with E-state index in [1.54, 1.807) is 11.0 Å². The van der Waals surface area contributed by atoms with Crippen LogP contribution in [0.5, 0.6) is 5.75 Å². The number of nitrogens with one attached hydrogen (secondary N) is 1. The second-order valence-corrected chi connectivity index (χ2v) is 6.06. The van der Waals surface area contributed by atoms with Gasteiger partial charge >= 0.3 is 0 Å². The van der Waals surface area contributed by atoms with Crippen LogP contribution in [-0.2, 0) is 6.61 Å². The predicted octanol–water partition coefficient (Wildman–Crippen LogP) is 3.74. The van der Waals surface area contributed by atoms with Crippen molar-refractivity contribution < 1.29 is 9.53 Å². The Balaban J connectivity index is 1.73. The highest BCUT2D eigenvalue weighted by atomic mass is 32.1. The third-order valence-corrected chi connectivity index (χ3v) is 4.51. The lowest BCUT2D eigenvalue weighted by Crippen LogP contribution is -2.12. The molecule has 0 saturated carbocycles. The van der Waals surface area contributed by atoms with E-state index in [1.165, 1.54) is 22.7 Å². The molecular formula is C15H13N3O2S2. The maximum atomic E-state index is 12.3. The van der Waals surface area contributed by atoms with E-state index in [1.807, 2.05) is 36.6 Å². The van der Waals surface area contributed by atoms with E-state index >= 15 is 0 Å². The fourth-order valence-electron chi connectivity index (χ4n) is 1.86. The SMILES string of the molecule is Cc1ncsc1C(=O)Nc1ccccc1OCc1cscn1. The monoisotopic (exact) mass is 331 g/mol. The van der Waals surface area contributed by atoms with Crippen LogP contribution in [0.2, 0.25) is 0 Å². The number of carbonyl (C=O) groups excluding carboxylic acids is 1. The van der Waals surface area contributed by atoms with E-state index in [2.05, 4.69) is 15.3 Å². The van der Waals surface area contributed by atoms with Gasteiger partial charge < -0.3 is 10.1 Å². The van der Waals surface area contributed by atoms with Crippen molar-refractivity contribution in [3.63, 3.8) is 0 Å². The Morgan fingerprint density at radius 1 is 1.27 bits per heavy atom. The highest BCUT2D eigenvalue weighted by molar-refractivity contribution is 7.12. The van der Waals surface area contributed by atoms with Gasteiger partial charge in [0, 0.05) is 5.38 Å². The van der Waals surface area contributed by atoms with Gasteiger partial charge in [0.15, 0.2) is 0 Å². The molecule has 1 N–H and O–H groups in total. The first-order valence-electron chi connectivity index (χ1n) is 6.54. The molecule has 0 atom stereocenters. The number of rotatable bonds is 5. The van der Waals surface area contributed by atoms with E-state index < -0.39 is 0 Å². The number of ether oxygens (including phenoxy) is 1. The summed E-state index contributed by atoms with van der Waals surface area (Å²) < 4.78 is 5.75. The molecule has 2 aromatic heterocycles. The summed E-state index contributed by atoms with van der Waals surface area (Å²) in [5, 5.41) is 4.80. The lowest BCUT2D eigenvalue weighted by atomic mass is 10.2. The van der Waals surface area contributed by atoms with Gasteiger partial charge in [-0.1, -0.05) is 12.1 Å². The van der Waals surface area contributed by atoms with Crippen molar-refractivity contribution in [2.24, 2.45) is 0 Å². The van der Waals surface area contributed by atoms with Crippen LogP contribution in [0, 0.1) is 6.92 Å². The number of hydrogen-bond donors (Lipinski definition) is 1. The van der Waals surface area contributed by atoms with Crippen LogP contribution in [0.15, 0.2) is 40.7 Å². The normalized spacial score (nSPS) is 10.4. The molecule has 0 fully saturated rings. The van der Waals surface area contributed by atoms with Crippen molar-refractivity contribution in [1.82, 2.24) is 9.97 Å². The van der Waals surface area contributed by atoms with E-state index in [0.717, 1.165) is 11.4 Å². The van der Waals surface area contributed by atoms with Crippen molar-refractivity contribution >= 4 is 34.3 Å². The van der Waals surface area contributed by atoms with Gasteiger partial charge in [-0.05, 0) is 19.1 Å². The minimum absolute atomic E-state index is 0.176. The molecule has 1 amide bonds. The standard InChI is InChI=1S/C15H13N3O2S2/c1-10-14(22-9-16-10)15(19)18-12-4-2-3-5-13(12)20-6-11-7-21-8-17-11/h2-5,7-9H,6H2,1H3,(H,18,19). The molecule has 0 radical (unpaired) electrons. The first-order chi connectivity index (χ1) is 10.7. The Bertz CT molecular complexity index is 769. The molecule has 22 heavy (non-hydrogen) atoms. The molecule has 5 nitrogen and oxygen atoms in total. The molecule has 0 unspecified atom stereocenters. The molecule has 1 aromatic carbocycles. The number of hydrogen-bond acceptors (Lipinski definition) is 6. The van der Waals surface area contributed by atoms with Gasteiger partial charge in [-0.3, -0.25) is 4.79 Å². The lowest BCUT2D eigenvalue weighted by Gasteiger charge is -2.11. The quantitative estimate of drug-likeness (QED) is 0.773. The zero-order valence-electron chi connectivity index (χ0n) is 11.8. The maximum Gasteiger partial charge on any atom is 0.267 e. The number of carbonyl (C=O) groups is 1. The summed E-state index contributed by atoms with van der Waals surface area (Å²) in [6.45, 7) is 2.19. The summed E-state index contributed by atoms with van der Waals surface area (Å²) in [6, 6.07) is 7.35. The van der Waals surface area contributed by atoms with Gasteiger partial charge in [0.25, 0.3) is 5.91 Å². The number of benzene rings is 1. The van der Waals surface area contributed by atoms with Gasteiger partial charge in [0.2, 0.25) is 0 Å². The van der Waals surface area contributed by atoms with Crippen LogP contribution in [0.4, 0.5) is 5.69 Å². The molecule has 0 aliphatic heterocycles. The second kappa shape index (κ2) is 6.67. The predicted molar refractivity (Wildman–Crippen MR) is 87.7 cm³/mol. The fraction of sp³-hybridized carbons (Fsp3) is 0.133. The summed E-state index contributed by atoms with van der Waals surface area (Å²) in [7, 11) is 0. The van der Waals surface area contributed by atoms with Crippen molar-refractivity contribution in [1.29, 1.82) is 0 Å². The van der Waals surface area contributed by atoms with Gasteiger partial charge in [0.1, 0.15) is 17.2 Å². The molecule has 0 saturated heterocycles. The molecule has 3 aromatic rings. The van der Waals surface area contributed by atoms with E-state index in [-0.39, 0.29) is 5.91 Å². The topological polar surface area (TPSA) is 64.1 Å². The zero-order chi connectivity index (χ0) is 15.4. The van der Waals surface area contributed by atoms with Crippen molar-refractivity contribution in [3.8, 4) is 5.75 Å². The van der Waals surface area contributed by atoms with Crippen LogP contribution >= 0.6 is 22.7 Å². The zero-order valence-corrected chi connectivity index (χ0v) is 13.4. The first-order valence-corrected chi connectivity index (χ1v) is 8.36. The van der Waals surface area contributed by atoms with Crippen molar-refractivity contribution in [3.05, 3.63) is 56.9 Å². The van der Waals surface area contributed by atoms with Crippen molar-refractivity contribution in [2.45, 2.75) is 13.5 Å². The number of anilines is 1. The molecule has 0 aliphatic rings. The summed E-state index contributed by atoms with van der Waals surface area (Å²) in [5.41, 5.74) is 5.65. The van der Waals surface area contributed by atoms with Crippen molar-refractivity contribution in [2.75, 3.05) is 5.32 Å².